The second-order valence-corrected chi connectivity index (χ2v) is 11.9. The Bertz CT molecular complexity index is 1500. The van der Waals surface area contributed by atoms with E-state index in [9.17, 15) is 14.4 Å². The summed E-state index contributed by atoms with van der Waals surface area (Å²) in [4.78, 5) is 42.9. The lowest BCUT2D eigenvalue weighted by molar-refractivity contribution is -0.118. The van der Waals surface area contributed by atoms with Crippen LogP contribution < -0.4 is 16.0 Å². The van der Waals surface area contributed by atoms with E-state index in [4.69, 9.17) is 0 Å². The Morgan fingerprint density at radius 1 is 1.05 bits per heavy atom. The zero-order chi connectivity index (χ0) is 30.2. The van der Waals surface area contributed by atoms with E-state index in [-0.39, 0.29) is 23.9 Å². The molecule has 1 fully saturated rings. The highest BCUT2D eigenvalue weighted by molar-refractivity contribution is 6.02. The highest BCUT2D eigenvalue weighted by atomic mass is 16.2. The fourth-order valence-corrected chi connectivity index (χ4v) is 5.97. The van der Waals surface area contributed by atoms with Crippen molar-refractivity contribution in [2.75, 3.05) is 31.3 Å². The minimum atomic E-state index is -0.647. The molecule has 2 aliphatic rings. The number of likely N-dealkylation sites (N-methyl/N-ethyl adjacent to an activating group) is 1. The Hall–Kier alpha value is -4.44. The number of benzene rings is 2. The molecule has 2 heterocycles. The van der Waals surface area contributed by atoms with Crippen molar-refractivity contribution in [1.29, 1.82) is 0 Å². The van der Waals surface area contributed by atoms with Crippen molar-refractivity contribution in [3.63, 3.8) is 0 Å². The summed E-state index contributed by atoms with van der Waals surface area (Å²) in [5.74, 6) is 0.0709. The lowest BCUT2D eigenvalue weighted by atomic mass is 9.94. The van der Waals surface area contributed by atoms with Gasteiger partial charge in [0.15, 0.2) is 5.82 Å². The number of fused-ring (bicyclic) bond motifs is 1. The number of aryl methyl sites for hydroxylation is 1. The molecular formula is C32H39N7O3. The Kier molecular flexibility index (Phi) is 7.68. The van der Waals surface area contributed by atoms with Gasteiger partial charge in [0.1, 0.15) is 0 Å². The van der Waals surface area contributed by atoms with Crippen LogP contribution in [-0.2, 0) is 34.1 Å². The quantitative estimate of drug-likeness (QED) is 0.333. The average Bonchev–Trinajstić information content (AvgIpc) is 3.63. The van der Waals surface area contributed by atoms with E-state index in [1.54, 1.807) is 16.8 Å². The topological polar surface area (TPSA) is 112 Å². The lowest BCUT2D eigenvalue weighted by Gasteiger charge is -2.34. The van der Waals surface area contributed by atoms with Crippen molar-refractivity contribution in [3.05, 3.63) is 89.6 Å². The molecule has 42 heavy (non-hydrogen) atoms. The third kappa shape index (κ3) is 5.42. The van der Waals surface area contributed by atoms with Gasteiger partial charge in [-0.3, -0.25) is 14.3 Å². The fraction of sp³-hybridized carbons (Fsp3) is 0.375. The summed E-state index contributed by atoms with van der Waals surface area (Å²) in [7, 11) is 5.82. The van der Waals surface area contributed by atoms with Gasteiger partial charge < -0.3 is 25.8 Å². The summed E-state index contributed by atoms with van der Waals surface area (Å²) in [6.07, 6.45) is 2.66. The van der Waals surface area contributed by atoms with Gasteiger partial charge in [-0.2, -0.15) is 5.10 Å². The van der Waals surface area contributed by atoms with Gasteiger partial charge in [-0.1, -0.05) is 49.0 Å². The van der Waals surface area contributed by atoms with Crippen LogP contribution in [0.1, 0.15) is 55.1 Å². The van der Waals surface area contributed by atoms with Crippen molar-refractivity contribution in [3.8, 4) is 0 Å². The number of urea groups is 1. The SMILES string of the molecule is C=CC(=O)Nc1ccc(C2(C(=O)Nc3nn(C)c4c3CN(C(=O)N[C@H](CN(C)C)c3ccccc3)C4(C)C)CC2)cc1. The number of nitrogens with zero attached hydrogens (tertiary/aromatic N) is 4. The van der Waals surface area contributed by atoms with Gasteiger partial charge >= 0.3 is 6.03 Å². The molecule has 1 atom stereocenters. The Balaban J connectivity index is 1.33. The van der Waals surface area contributed by atoms with Crippen LogP contribution in [0.15, 0.2) is 67.3 Å². The molecule has 1 saturated carbocycles. The Labute approximate surface area is 246 Å². The van der Waals surface area contributed by atoms with E-state index < -0.39 is 11.0 Å². The Morgan fingerprint density at radius 2 is 1.71 bits per heavy atom. The third-order valence-corrected chi connectivity index (χ3v) is 8.32. The van der Waals surface area contributed by atoms with Crippen LogP contribution in [0.25, 0.3) is 0 Å². The van der Waals surface area contributed by atoms with Crippen molar-refractivity contribution in [2.45, 2.75) is 50.2 Å². The first-order valence-electron chi connectivity index (χ1n) is 14.2. The summed E-state index contributed by atoms with van der Waals surface area (Å²) >= 11 is 0. The second-order valence-electron chi connectivity index (χ2n) is 11.9. The first-order chi connectivity index (χ1) is 20.0. The van der Waals surface area contributed by atoms with Gasteiger partial charge in [0.25, 0.3) is 0 Å². The number of rotatable bonds is 9. The molecule has 3 N–H and O–H groups in total. The van der Waals surface area contributed by atoms with Crippen LogP contribution in [0.3, 0.4) is 0 Å². The number of carbonyl (C=O) groups is 3. The first kappa shape index (κ1) is 29.1. The van der Waals surface area contributed by atoms with Crippen LogP contribution in [-0.4, -0.2) is 58.1 Å². The summed E-state index contributed by atoms with van der Waals surface area (Å²) < 4.78 is 1.77. The summed E-state index contributed by atoms with van der Waals surface area (Å²) in [6, 6.07) is 16.9. The number of nitrogens with one attached hydrogen (secondary N) is 3. The third-order valence-electron chi connectivity index (χ3n) is 8.32. The molecule has 5 rings (SSSR count). The number of hydrogen-bond donors (Lipinski definition) is 3. The van der Waals surface area contributed by atoms with Gasteiger partial charge in [0.05, 0.1) is 29.2 Å². The number of hydrogen-bond acceptors (Lipinski definition) is 5. The molecule has 1 aromatic heterocycles. The molecule has 10 heteroatoms. The zero-order valence-corrected chi connectivity index (χ0v) is 24.9. The van der Waals surface area contributed by atoms with Crippen molar-refractivity contribution >= 4 is 29.4 Å². The minimum Gasteiger partial charge on any atom is -0.330 e. The molecular weight excluding hydrogens is 530 g/mol. The molecule has 3 aromatic rings. The minimum absolute atomic E-state index is 0.123. The maximum Gasteiger partial charge on any atom is 0.319 e. The maximum absolute atomic E-state index is 13.8. The van der Waals surface area contributed by atoms with Crippen molar-refractivity contribution < 1.29 is 14.4 Å². The predicted molar refractivity (Wildman–Crippen MR) is 163 cm³/mol. The normalized spacial score (nSPS) is 16.9. The Morgan fingerprint density at radius 3 is 2.31 bits per heavy atom. The van der Waals surface area contributed by atoms with Gasteiger partial charge in [0.2, 0.25) is 11.8 Å². The van der Waals surface area contributed by atoms with Crippen molar-refractivity contribution in [1.82, 2.24) is 24.9 Å². The van der Waals surface area contributed by atoms with E-state index >= 15 is 0 Å². The van der Waals surface area contributed by atoms with E-state index in [2.05, 4.69) is 32.5 Å². The molecule has 0 spiro atoms. The molecule has 0 radical (unpaired) electrons. The van der Waals surface area contributed by atoms with Crippen LogP contribution in [0.5, 0.6) is 0 Å². The van der Waals surface area contributed by atoms with Crippen LogP contribution >= 0.6 is 0 Å². The highest BCUT2D eigenvalue weighted by Crippen LogP contribution is 2.50. The molecule has 0 saturated heterocycles. The van der Waals surface area contributed by atoms with Crippen LogP contribution in [0.2, 0.25) is 0 Å². The molecule has 2 aromatic carbocycles. The van der Waals surface area contributed by atoms with Gasteiger partial charge in [-0.25, -0.2) is 4.79 Å². The molecule has 4 amide bonds. The number of aromatic nitrogens is 2. The van der Waals surface area contributed by atoms with Crippen molar-refractivity contribution in [2.24, 2.45) is 7.05 Å². The summed E-state index contributed by atoms with van der Waals surface area (Å²) in [5, 5.41) is 13.7. The number of carbonyl (C=O) groups excluding carboxylic acids is 3. The summed E-state index contributed by atoms with van der Waals surface area (Å²) in [5.41, 5.74) is 3.01. The lowest BCUT2D eigenvalue weighted by Crippen LogP contribution is -2.49. The highest BCUT2D eigenvalue weighted by Gasteiger charge is 2.52. The van der Waals surface area contributed by atoms with Gasteiger partial charge in [0, 0.05) is 24.8 Å². The molecule has 220 valence electrons. The van der Waals surface area contributed by atoms with Crippen LogP contribution in [0.4, 0.5) is 16.3 Å². The van der Waals surface area contributed by atoms with Gasteiger partial charge in [-0.15, -0.1) is 0 Å². The molecule has 10 nitrogen and oxygen atoms in total. The molecule has 0 unspecified atom stereocenters. The van der Waals surface area contributed by atoms with E-state index in [1.807, 2.05) is 82.4 Å². The van der Waals surface area contributed by atoms with Gasteiger partial charge in [-0.05, 0) is 70.1 Å². The fourth-order valence-electron chi connectivity index (χ4n) is 5.97. The maximum atomic E-state index is 13.8. The standard InChI is InChI=1S/C32H39N7O3/c1-7-26(40)33-23-15-13-22(14-16-23)32(17-18-32)29(41)35-28-24-19-39(31(2,3)27(24)38(6)36-28)30(42)34-25(20-37(4)5)21-11-9-8-10-12-21/h7-16,25H,1,17-20H2,2-6H3,(H,33,40)(H,34,42)(H,35,36,41)/t25-/m1/s1. The monoisotopic (exact) mass is 569 g/mol. The smallest absolute Gasteiger partial charge is 0.319 e. The predicted octanol–water partition coefficient (Wildman–Crippen LogP) is 4.28. The van der Waals surface area contributed by atoms with E-state index in [0.717, 1.165) is 35.2 Å². The average molecular weight is 570 g/mol. The van der Waals surface area contributed by atoms with E-state index in [0.29, 0.717) is 24.6 Å². The van der Waals surface area contributed by atoms with Crippen LogP contribution in [0, 0.1) is 0 Å². The summed E-state index contributed by atoms with van der Waals surface area (Å²) in [6.45, 7) is 8.46. The molecule has 0 bridgehead atoms. The number of anilines is 2. The largest absolute Gasteiger partial charge is 0.330 e. The molecule has 1 aliphatic heterocycles. The molecule has 1 aliphatic carbocycles. The number of amides is 4. The first-order valence-corrected chi connectivity index (χ1v) is 14.2. The zero-order valence-electron chi connectivity index (χ0n) is 24.9. The second kappa shape index (κ2) is 11.1. The van der Waals surface area contributed by atoms with E-state index in [1.165, 1.54) is 6.08 Å².